The highest BCUT2D eigenvalue weighted by molar-refractivity contribution is 7.16. The Labute approximate surface area is 168 Å². The molecule has 0 saturated carbocycles. The molecule has 8 heteroatoms. The largest absolute Gasteiger partial charge is 0.481 e. The zero-order valence-corrected chi connectivity index (χ0v) is 17.0. The second-order valence-electron chi connectivity index (χ2n) is 7.08. The molecular weight excluding hydrogens is 380 g/mol. The third-order valence-electron chi connectivity index (χ3n) is 5.40. The predicted molar refractivity (Wildman–Crippen MR) is 107 cm³/mol. The van der Waals surface area contributed by atoms with Crippen LogP contribution in [0.1, 0.15) is 40.6 Å². The zero-order valence-electron chi connectivity index (χ0n) is 16.2. The summed E-state index contributed by atoms with van der Waals surface area (Å²) in [5.41, 5.74) is 1.48. The lowest BCUT2D eigenvalue weighted by molar-refractivity contribution is -0.146. The van der Waals surface area contributed by atoms with E-state index < -0.39 is 17.8 Å². The summed E-state index contributed by atoms with van der Waals surface area (Å²) in [4.78, 5) is 40.3. The number of morpholine rings is 1. The first-order valence-corrected chi connectivity index (χ1v) is 10.4. The van der Waals surface area contributed by atoms with Crippen LogP contribution in [0.3, 0.4) is 0 Å². The lowest BCUT2D eigenvalue weighted by Gasteiger charge is -2.28. The average Bonchev–Trinajstić information content (AvgIpc) is 3.02. The molecular formula is C20H26N2O5S. The maximum absolute atomic E-state index is 13.2. The SMILES string of the molecule is CCc1c(C)sc(NC(=O)[C@@H]2CC=CC[C@@H]2C(=O)O)c1C(=O)N1CCOCC1. The van der Waals surface area contributed by atoms with Crippen molar-refractivity contribution in [3.63, 3.8) is 0 Å². The molecule has 2 atom stereocenters. The van der Waals surface area contributed by atoms with E-state index >= 15 is 0 Å². The molecule has 0 unspecified atom stereocenters. The molecule has 2 amide bonds. The van der Waals surface area contributed by atoms with Gasteiger partial charge in [-0.3, -0.25) is 14.4 Å². The van der Waals surface area contributed by atoms with E-state index in [0.717, 1.165) is 10.4 Å². The smallest absolute Gasteiger partial charge is 0.307 e. The van der Waals surface area contributed by atoms with Crippen LogP contribution in [0.2, 0.25) is 0 Å². The van der Waals surface area contributed by atoms with E-state index in [9.17, 15) is 19.5 Å². The number of carbonyl (C=O) groups is 3. The zero-order chi connectivity index (χ0) is 20.3. The molecule has 2 aliphatic rings. The van der Waals surface area contributed by atoms with Gasteiger partial charge >= 0.3 is 5.97 Å². The molecule has 2 heterocycles. The number of thiophene rings is 1. The molecule has 152 valence electrons. The van der Waals surface area contributed by atoms with Gasteiger partial charge in [0.2, 0.25) is 5.91 Å². The maximum Gasteiger partial charge on any atom is 0.307 e. The van der Waals surface area contributed by atoms with Crippen molar-refractivity contribution >= 4 is 34.1 Å². The van der Waals surface area contributed by atoms with Crippen molar-refractivity contribution in [2.75, 3.05) is 31.6 Å². The highest BCUT2D eigenvalue weighted by Gasteiger charge is 2.35. The predicted octanol–water partition coefficient (Wildman–Crippen LogP) is 2.70. The Kier molecular flexibility index (Phi) is 6.51. The first-order valence-electron chi connectivity index (χ1n) is 9.62. The summed E-state index contributed by atoms with van der Waals surface area (Å²) >= 11 is 1.38. The van der Waals surface area contributed by atoms with E-state index in [1.807, 2.05) is 19.9 Å². The van der Waals surface area contributed by atoms with Crippen LogP contribution < -0.4 is 5.32 Å². The topological polar surface area (TPSA) is 95.9 Å². The standard InChI is InChI=1S/C20H26N2O5S/c1-3-13-12(2)28-18(16(13)19(24)22-8-10-27-11-9-22)21-17(23)14-6-4-5-7-15(14)20(25)26/h4-5,14-15H,3,6-11H2,1-2H3,(H,21,23)(H,25,26)/t14-,15+/m1/s1. The minimum absolute atomic E-state index is 0.0990. The molecule has 1 saturated heterocycles. The van der Waals surface area contributed by atoms with Crippen LogP contribution in [-0.4, -0.2) is 54.1 Å². The van der Waals surface area contributed by atoms with E-state index in [1.165, 1.54) is 11.3 Å². The van der Waals surface area contributed by atoms with Crippen LogP contribution in [0.5, 0.6) is 0 Å². The number of aryl methyl sites for hydroxylation is 1. The number of carbonyl (C=O) groups excluding carboxylic acids is 2. The highest BCUT2D eigenvalue weighted by atomic mass is 32.1. The highest BCUT2D eigenvalue weighted by Crippen LogP contribution is 2.36. The number of nitrogens with zero attached hydrogens (tertiary/aromatic N) is 1. The number of allylic oxidation sites excluding steroid dienone is 2. The fourth-order valence-electron chi connectivity index (χ4n) is 3.82. The molecule has 0 bridgehead atoms. The van der Waals surface area contributed by atoms with Crippen LogP contribution in [0, 0.1) is 18.8 Å². The van der Waals surface area contributed by atoms with Crippen LogP contribution in [0.4, 0.5) is 5.00 Å². The minimum Gasteiger partial charge on any atom is -0.481 e. The van der Waals surface area contributed by atoms with Crippen LogP contribution in [-0.2, 0) is 20.7 Å². The number of amides is 2. The first-order chi connectivity index (χ1) is 13.4. The normalized spacial score (nSPS) is 22.1. The number of aliphatic carboxylic acids is 1. The number of carboxylic acid groups (broad SMARTS) is 1. The fraction of sp³-hybridized carbons (Fsp3) is 0.550. The van der Waals surface area contributed by atoms with E-state index in [-0.39, 0.29) is 11.8 Å². The molecule has 7 nitrogen and oxygen atoms in total. The van der Waals surface area contributed by atoms with Crippen molar-refractivity contribution in [2.24, 2.45) is 11.8 Å². The van der Waals surface area contributed by atoms with Crippen molar-refractivity contribution in [1.82, 2.24) is 4.90 Å². The Morgan fingerprint density at radius 1 is 1.21 bits per heavy atom. The van der Waals surface area contributed by atoms with Gasteiger partial charge in [0.15, 0.2) is 0 Å². The molecule has 2 N–H and O–H groups in total. The molecule has 1 aliphatic carbocycles. The molecule has 28 heavy (non-hydrogen) atoms. The third-order valence-corrected chi connectivity index (χ3v) is 6.46. The summed E-state index contributed by atoms with van der Waals surface area (Å²) < 4.78 is 5.33. The Balaban J connectivity index is 1.87. The van der Waals surface area contributed by atoms with Crippen molar-refractivity contribution in [2.45, 2.75) is 33.1 Å². The van der Waals surface area contributed by atoms with E-state index in [1.54, 1.807) is 11.0 Å². The lowest BCUT2D eigenvalue weighted by Crippen LogP contribution is -2.41. The summed E-state index contributed by atoms with van der Waals surface area (Å²) in [5.74, 6) is -2.78. The summed E-state index contributed by atoms with van der Waals surface area (Å²) in [7, 11) is 0. The summed E-state index contributed by atoms with van der Waals surface area (Å²) in [6.07, 6.45) is 5.08. The van der Waals surface area contributed by atoms with Gasteiger partial charge in [0.25, 0.3) is 5.91 Å². The lowest BCUT2D eigenvalue weighted by atomic mass is 9.82. The van der Waals surface area contributed by atoms with Crippen molar-refractivity contribution < 1.29 is 24.2 Å². The summed E-state index contributed by atoms with van der Waals surface area (Å²) in [6.45, 7) is 6.00. The molecule has 1 aliphatic heterocycles. The van der Waals surface area contributed by atoms with Gasteiger partial charge in [0.05, 0.1) is 30.6 Å². The number of anilines is 1. The summed E-state index contributed by atoms with van der Waals surface area (Å²) in [5, 5.41) is 12.8. The molecule has 1 aromatic rings. The molecule has 0 radical (unpaired) electrons. The van der Waals surface area contributed by atoms with Gasteiger partial charge in [-0.15, -0.1) is 11.3 Å². The third kappa shape index (κ3) is 4.12. The second-order valence-corrected chi connectivity index (χ2v) is 8.31. The molecule has 1 fully saturated rings. The van der Waals surface area contributed by atoms with Gasteiger partial charge in [0, 0.05) is 18.0 Å². The second kappa shape index (κ2) is 8.87. The van der Waals surface area contributed by atoms with Crippen molar-refractivity contribution in [3.05, 3.63) is 28.2 Å². The summed E-state index contributed by atoms with van der Waals surface area (Å²) in [6, 6.07) is 0. The van der Waals surface area contributed by atoms with E-state index in [0.29, 0.717) is 56.1 Å². The van der Waals surface area contributed by atoms with Crippen molar-refractivity contribution in [1.29, 1.82) is 0 Å². The molecule has 1 aromatic heterocycles. The number of ether oxygens (including phenoxy) is 1. The van der Waals surface area contributed by atoms with Gasteiger partial charge in [-0.25, -0.2) is 0 Å². The average molecular weight is 407 g/mol. The van der Waals surface area contributed by atoms with Crippen LogP contribution in [0.15, 0.2) is 12.2 Å². The van der Waals surface area contributed by atoms with Gasteiger partial charge in [0.1, 0.15) is 5.00 Å². The number of nitrogens with one attached hydrogen (secondary N) is 1. The fourth-order valence-corrected chi connectivity index (χ4v) is 4.96. The monoisotopic (exact) mass is 406 g/mol. The minimum atomic E-state index is -0.967. The quantitative estimate of drug-likeness (QED) is 0.733. The maximum atomic E-state index is 13.2. The van der Waals surface area contributed by atoms with E-state index in [2.05, 4.69) is 5.32 Å². The van der Waals surface area contributed by atoms with Crippen LogP contribution >= 0.6 is 11.3 Å². The molecule has 0 spiro atoms. The Morgan fingerprint density at radius 2 is 1.86 bits per heavy atom. The van der Waals surface area contributed by atoms with E-state index in [4.69, 9.17) is 4.74 Å². The Bertz CT molecular complexity index is 795. The van der Waals surface area contributed by atoms with Crippen molar-refractivity contribution in [3.8, 4) is 0 Å². The number of hydrogen-bond donors (Lipinski definition) is 2. The van der Waals surface area contributed by atoms with Crippen LogP contribution in [0.25, 0.3) is 0 Å². The van der Waals surface area contributed by atoms with Gasteiger partial charge in [-0.05, 0) is 31.7 Å². The number of rotatable bonds is 5. The Morgan fingerprint density at radius 3 is 2.46 bits per heavy atom. The first kappa shape index (κ1) is 20.5. The van der Waals surface area contributed by atoms with Gasteiger partial charge < -0.3 is 20.1 Å². The molecule has 0 aromatic carbocycles. The molecule has 3 rings (SSSR count). The number of carboxylic acids is 1. The van der Waals surface area contributed by atoms with Gasteiger partial charge in [-0.2, -0.15) is 0 Å². The Hall–Kier alpha value is -2.19. The van der Waals surface area contributed by atoms with Gasteiger partial charge in [-0.1, -0.05) is 19.1 Å². The number of hydrogen-bond acceptors (Lipinski definition) is 5.